The van der Waals surface area contributed by atoms with E-state index in [0.717, 1.165) is 10.9 Å². The van der Waals surface area contributed by atoms with Crippen LogP contribution in [0.15, 0.2) is 0 Å². The molecule has 3 heteroatoms. The van der Waals surface area contributed by atoms with Crippen LogP contribution in [0.25, 0.3) is 0 Å². The summed E-state index contributed by atoms with van der Waals surface area (Å²) in [7, 11) is 6.84. The molecule has 0 spiro atoms. The summed E-state index contributed by atoms with van der Waals surface area (Å²) in [6.07, 6.45) is 20.2. The molecule has 0 N–H and O–H groups in total. The topological polar surface area (TPSA) is 17.1 Å². The van der Waals surface area contributed by atoms with Crippen molar-refractivity contribution in [1.82, 2.24) is 0 Å². The smallest absolute Gasteiger partial charge is 0.0780 e. The van der Waals surface area contributed by atoms with Crippen LogP contribution in [0.5, 0.6) is 0 Å². The molecule has 0 aliphatic carbocycles. The maximum atomic E-state index is 10.0. The fourth-order valence-electron chi connectivity index (χ4n) is 2.73. The molecule has 0 fully saturated rings. The molecule has 0 rings (SSSR count). The van der Waals surface area contributed by atoms with Crippen molar-refractivity contribution < 1.29 is 40.4 Å². The molecule has 0 saturated heterocycles. The summed E-state index contributed by atoms with van der Waals surface area (Å²) in [5.41, 5.74) is 0. The molecule has 0 aromatic heterocycles. The van der Waals surface area contributed by atoms with E-state index in [4.69, 9.17) is 0 Å². The largest absolute Gasteiger partial charge is 0.542 e. The van der Waals surface area contributed by atoms with Gasteiger partial charge in [0.15, 0.2) is 0 Å². The van der Waals surface area contributed by atoms with Crippen molar-refractivity contribution in [3.05, 3.63) is 0 Å². The number of hydrogen-bond donors (Lipinski definition) is 0. The molecule has 0 saturated carbocycles. The second kappa shape index (κ2) is 18.0. The number of quaternary nitrogens is 1. The molecule has 2 nitrogen and oxygen atoms in total. The van der Waals surface area contributed by atoms with E-state index in [0.29, 0.717) is 6.42 Å². The van der Waals surface area contributed by atoms with Gasteiger partial charge in [0, 0.05) is 31.1 Å². The zero-order valence-electron chi connectivity index (χ0n) is 15.5. The summed E-state index contributed by atoms with van der Waals surface area (Å²) in [4.78, 5) is 10.0. The Kier molecular flexibility index (Phi) is 20.4. The van der Waals surface area contributed by atoms with Crippen LogP contribution in [-0.2, 0) is 4.79 Å². The Morgan fingerprint density at radius 2 is 0.909 bits per heavy atom. The Morgan fingerprint density at radius 1 is 0.591 bits per heavy atom. The Bertz CT molecular complexity index is 226. The second-order valence-electron chi connectivity index (χ2n) is 7.50. The average molecular weight is 536 g/mol. The monoisotopic (exact) mass is 535 g/mol. The van der Waals surface area contributed by atoms with Crippen LogP contribution in [0.4, 0.5) is 0 Å². The molecular formula is C19H39NOU. The third-order valence-electron chi connectivity index (χ3n) is 4.11. The SMILES string of the molecule is C[N+](C)(C)CCCCCCCCCCCCCCC[C-]=O.[U]. The molecule has 0 radical (unpaired) electrons. The molecule has 0 aromatic rings. The number of rotatable bonds is 16. The molecule has 0 amide bonds. The van der Waals surface area contributed by atoms with Crippen molar-refractivity contribution in [2.75, 3.05) is 27.7 Å². The van der Waals surface area contributed by atoms with Crippen LogP contribution >= 0.6 is 0 Å². The molecular weight excluding hydrogens is 496 g/mol. The van der Waals surface area contributed by atoms with Gasteiger partial charge in [-0.15, -0.1) is 0 Å². The first-order chi connectivity index (χ1) is 10.1. The van der Waals surface area contributed by atoms with Gasteiger partial charge in [-0.2, -0.15) is 6.42 Å². The molecule has 0 heterocycles. The average Bonchev–Trinajstić information content (AvgIpc) is 2.42. The Balaban J connectivity index is 0. The Morgan fingerprint density at radius 3 is 1.23 bits per heavy atom. The minimum absolute atomic E-state index is 0. The van der Waals surface area contributed by atoms with Crippen molar-refractivity contribution in [3.63, 3.8) is 0 Å². The van der Waals surface area contributed by atoms with Gasteiger partial charge in [0.25, 0.3) is 0 Å². The molecule has 0 bridgehead atoms. The van der Waals surface area contributed by atoms with Gasteiger partial charge in [0.2, 0.25) is 0 Å². The number of hydrogen-bond acceptors (Lipinski definition) is 1. The molecule has 0 atom stereocenters. The van der Waals surface area contributed by atoms with Gasteiger partial charge in [-0.3, -0.25) is 6.29 Å². The summed E-state index contributed by atoms with van der Waals surface area (Å²) < 4.78 is 1.10. The van der Waals surface area contributed by atoms with E-state index in [2.05, 4.69) is 21.1 Å². The summed E-state index contributed by atoms with van der Waals surface area (Å²) in [5, 5.41) is 0. The van der Waals surface area contributed by atoms with E-state index in [1.165, 1.54) is 83.6 Å². The van der Waals surface area contributed by atoms with Crippen molar-refractivity contribution in [2.24, 2.45) is 0 Å². The standard InChI is InChI=1S/C19H39NO.U/c1-20(2,3)18-16-14-12-10-8-6-4-5-7-9-11-13-15-17-19-21;/h4-18H2,1-3H3;. The number of unbranched alkanes of at least 4 members (excludes halogenated alkanes) is 13. The predicted octanol–water partition coefficient (Wildman–Crippen LogP) is 5.26. The fourth-order valence-corrected chi connectivity index (χ4v) is 2.73. The van der Waals surface area contributed by atoms with Crippen molar-refractivity contribution in [3.8, 4) is 0 Å². The Labute approximate surface area is 163 Å². The van der Waals surface area contributed by atoms with Crippen LogP contribution in [-0.4, -0.2) is 38.5 Å². The summed E-state index contributed by atoms with van der Waals surface area (Å²) in [6.45, 7) is 1.31. The zero-order valence-corrected chi connectivity index (χ0v) is 19.6. The van der Waals surface area contributed by atoms with E-state index in [1.807, 2.05) is 6.29 Å². The zero-order chi connectivity index (χ0) is 15.8. The third kappa shape index (κ3) is 23.0. The quantitative estimate of drug-likeness (QED) is 0.150. The summed E-state index contributed by atoms with van der Waals surface area (Å²) in [5.74, 6) is 0. The van der Waals surface area contributed by atoms with Gasteiger partial charge in [-0.25, -0.2) is 0 Å². The number of carbonyl (C=O) groups excluding carboxylic acids is 1. The summed E-state index contributed by atoms with van der Waals surface area (Å²) >= 11 is 0. The first kappa shape index (κ1) is 24.9. The minimum atomic E-state index is 0. The van der Waals surface area contributed by atoms with Crippen LogP contribution in [0.2, 0.25) is 0 Å². The van der Waals surface area contributed by atoms with Gasteiger partial charge in [-0.05, 0) is 12.8 Å². The van der Waals surface area contributed by atoms with E-state index >= 15 is 0 Å². The van der Waals surface area contributed by atoms with Gasteiger partial charge in [-0.1, -0.05) is 70.6 Å². The third-order valence-corrected chi connectivity index (χ3v) is 4.11. The van der Waals surface area contributed by atoms with Crippen LogP contribution in [0, 0.1) is 31.1 Å². The molecule has 0 unspecified atom stereocenters. The maximum absolute atomic E-state index is 10.0. The molecule has 0 aromatic carbocycles. The number of nitrogens with zero attached hydrogens (tertiary/aromatic N) is 1. The van der Waals surface area contributed by atoms with Gasteiger partial charge >= 0.3 is 0 Å². The van der Waals surface area contributed by atoms with Crippen LogP contribution < -0.4 is 0 Å². The Hall–Kier alpha value is 0.682. The van der Waals surface area contributed by atoms with Crippen molar-refractivity contribution >= 4 is 6.29 Å². The molecule has 0 aliphatic heterocycles. The van der Waals surface area contributed by atoms with Crippen LogP contribution in [0.1, 0.15) is 89.9 Å². The summed E-state index contributed by atoms with van der Waals surface area (Å²) in [6, 6.07) is 0. The van der Waals surface area contributed by atoms with E-state index in [1.54, 1.807) is 0 Å². The molecule has 22 heavy (non-hydrogen) atoms. The normalized spacial score (nSPS) is 11.2. The second-order valence-corrected chi connectivity index (χ2v) is 7.50. The maximum Gasteiger partial charge on any atom is 0.0780 e. The minimum Gasteiger partial charge on any atom is -0.542 e. The van der Waals surface area contributed by atoms with E-state index < -0.39 is 0 Å². The van der Waals surface area contributed by atoms with Gasteiger partial charge in [0.05, 0.1) is 27.7 Å². The fraction of sp³-hybridized carbons (Fsp3) is 0.947. The van der Waals surface area contributed by atoms with Crippen molar-refractivity contribution in [2.45, 2.75) is 89.9 Å². The van der Waals surface area contributed by atoms with E-state index in [-0.39, 0.29) is 31.1 Å². The van der Waals surface area contributed by atoms with Crippen molar-refractivity contribution in [1.29, 1.82) is 0 Å². The van der Waals surface area contributed by atoms with E-state index in [9.17, 15) is 4.79 Å². The van der Waals surface area contributed by atoms with Gasteiger partial charge < -0.3 is 9.28 Å². The first-order valence-electron chi connectivity index (χ1n) is 9.22. The first-order valence-corrected chi connectivity index (χ1v) is 9.22. The molecule has 130 valence electrons. The van der Waals surface area contributed by atoms with Gasteiger partial charge in [0.1, 0.15) is 0 Å². The predicted molar refractivity (Wildman–Crippen MR) is 93.2 cm³/mol. The molecule has 0 aliphatic rings. The van der Waals surface area contributed by atoms with Crippen LogP contribution in [0.3, 0.4) is 0 Å².